The lowest BCUT2D eigenvalue weighted by molar-refractivity contribution is 0.629. The molecular weight excluding hydrogens is 313 g/mol. The lowest BCUT2D eigenvalue weighted by atomic mass is 10.1. The molecule has 0 N–H and O–H groups in total. The first-order valence-corrected chi connectivity index (χ1v) is 8.24. The Balaban J connectivity index is 2.12. The molecule has 110 valence electrons. The number of halogens is 1. The van der Waals surface area contributed by atoms with Gasteiger partial charge in [-0.2, -0.15) is 4.99 Å². The van der Waals surface area contributed by atoms with Crippen LogP contribution in [0.5, 0.6) is 0 Å². The minimum Gasteiger partial charge on any atom is -0.205 e. The van der Waals surface area contributed by atoms with Crippen LogP contribution >= 0.6 is 24.0 Å². The predicted molar refractivity (Wildman–Crippen MR) is 94.5 cm³/mol. The van der Waals surface area contributed by atoms with Crippen LogP contribution in [0.4, 0.5) is 10.1 Å². The monoisotopic (exact) mass is 327 g/mol. The van der Waals surface area contributed by atoms with Crippen molar-refractivity contribution in [3.05, 3.63) is 59.4 Å². The Bertz CT molecular complexity index is 751. The Hall–Kier alpha value is -1.92. The SMILES string of the molecule is CCCSc1ccc(C#Cc2ccc(N=C=S)c(F)c2)cc1. The first kappa shape index (κ1) is 16.5. The Morgan fingerprint density at radius 3 is 2.41 bits per heavy atom. The molecule has 0 aliphatic rings. The Kier molecular flexibility index (Phi) is 6.36. The molecule has 0 saturated carbocycles. The Morgan fingerprint density at radius 2 is 1.77 bits per heavy atom. The van der Waals surface area contributed by atoms with E-state index in [9.17, 15) is 4.39 Å². The molecule has 0 bridgehead atoms. The van der Waals surface area contributed by atoms with E-state index in [1.807, 2.05) is 23.9 Å². The van der Waals surface area contributed by atoms with E-state index in [0.29, 0.717) is 5.56 Å². The Labute approximate surface area is 139 Å². The van der Waals surface area contributed by atoms with E-state index in [2.05, 4.69) is 53.3 Å². The molecule has 2 aromatic carbocycles. The smallest absolute Gasteiger partial charge is 0.150 e. The van der Waals surface area contributed by atoms with Crippen molar-refractivity contribution in [1.29, 1.82) is 0 Å². The summed E-state index contributed by atoms with van der Waals surface area (Å²) in [6.45, 7) is 2.16. The van der Waals surface area contributed by atoms with Crippen molar-refractivity contribution in [2.24, 2.45) is 4.99 Å². The van der Waals surface area contributed by atoms with Crippen molar-refractivity contribution >= 4 is 34.8 Å². The topological polar surface area (TPSA) is 12.4 Å². The largest absolute Gasteiger partial charge is 0.205 e. The summed E-state index contributed by atoms with van der Waals surface area (Å²) in [4.78, 5) is 4.88. The molecule has 0 amide bonds. The van der Waals surface area contributed by atoms with Gasteiger partial charge in [-0.3, -0.25) is 0 Å². The van der Waals surface area contributed by atoms with Crippen LogP contribution in [0.2, 0.25) is 0 Å². The molecule has 0 heterocycles. The van der Waals surface area contributed by atoms with Crippen molar-refractivity contribution in [2.45, 2.75) is 18.2 Å². The maximum absolute atomic E-state index is 13.7. The van der Waals surface area contributed by atoms with Crippen LogP contribution < -0.4 is 0 Å². The quantitative estimate of drug-likeness (QED) is 0.320. The van der Waals surface area contributed by atoms with Gasteiger partial charge >= 0.3 is 0 Å². The van der Waals surface area contributed by atoms with Crippen molar-refractivity contribution in [3.63, 3.8) is 0 Å². The molecule has 0 saturated heterocycles. The van der Waals surface area contributed by atoms with Gasteiger partial charge in [0.15, 0.2) is 5.82 Å². The van der Waals surface area contributed by atoms with E-state index in [4.69, 9.17) is 0 Å². The summed E-state index contributed by atoms with van der Waals surface area (Å²) in [7, 11) is 0. The molecule has 4 heteroatoms. The summed E-state index contributed by atoms with van der Waals surface area (Å²) < 4.78 is 13.7. The van der Waals surface area contributed by atoms with E-state index < -0.39 is 5.82 Å². The zero-order chi connectivity index (χ0) is 15.8. The average Bonchev–Trinajstić information content (AvgIpc) is 2.54. The van der Waals surface area contributed by atoms with Crippen molar-refractivity contribution in [1.82, 2.24) is 0 Å². The van der Waals surface area contributed by atoms with Gasteiger partial charge in [-0.25, -0.2) is 4.39 Å². The minimum atomic E-state index is -0.449. The van der Waals surface area contributed by atoms with Crippen LogP contribution in [0.3, 0.4) is 0 Å². The van der Waals surface area contributed by atoms with E-state index in [1.165, 1.54) is 11.0 Å². The van der Waals surface area contributed by atoms with E-state index in [0.717, 1.165) is 17.7 Å². The summed E-state index contributed by atoms with van der Waals surface area (Å²) in [5, 5.41) is 2.15. The fourth-order valence-electron chi connectivity index (χ4n) is 1.72. The van der Waals surface area contributed by atoms with Gasteiger partial charge in [0, 0.05) is 16.0 Å². The third-order valence-electron chi connectivity index (χ3n) is 2.79. The number of hydrogen-bond acceptors (Lipinski definition) is 3. The average molecular weight is 327 g/mol. The highest BCUT2D eigenvalue weighted by molar-refractivity contribution is 7.99. The first-order valence-electron chi connectivity index (χ1n) is 6.85. The molecule has 1 nitrogen and oxygen atoms in total. The zero-order valence-electron chi connectivity index (χ0n) is 12.1. The van der Waals surface area contributed by atoms with Crippen LogP contribution in [-0.2, 0) is 0 Å². The Morgan fingerprint density at radius 1 is 1.09 bits per heavy atom. The third kappa shape index (κ3) is 4.82. The van der Waals surface area contributed by atoms with Gasteiger partial charge in [-0.05, 0) is 66.9 Å². The van der Waals surface area contributed by atoms with Gasteiger partial charge in [0.25, 0.3) is 0 Å². The van der Waals surface area contributed by atoms with Crippen LogP contribution in [0.1, 0.15) is 24.5 Å². The number of rotatable bonds is 4. The molecule has 0 spiro atoms. The second kappa shape index (κ2) is 8.51. The molecule has 0 aliphatic heterocycles. The molecule has 0 unspecified atom stereocenters. The molecule has 2 aromatic rings. The molecule has 0 aromatic heterocycles. The lowest BCUT2D eigenvalue weighted by Gasteiger charge is -1.99. The number of thioether (sulfide) groups is 1. The molecular formula is C18H14FNS2. The molecule has 0 radical (unpaired) electrons. The van der Waals surface area contributed by atoms with Crippen molar-refractivity contribution < 1.29 is 4.39 Å². The van der Waals surface area contributed by atoms with Gasteiger partial charge in [0.2, 0.25) is 0 Å². The van der Waals surface area contributed by atoms with Crippen LogP contribution in [0.25, 0.3) is 0 Å². The maximum Gasteiger partial charge on any atom is 0.150 e. The standard InChI is InChI=1S/C18H14FNS2/c1-2-11-22-16-8-5-14(6-9-16)3-4-15-7-10-18(20-13-21)17(19)12-15/h5-10,12H,2,11H2,1H3. The molecule has 0 aliphatic carbocycles. The number of aliphatic imine (C=N–C) groups is 1. The van der Waals surface area contributed by atoms with Crippen LogP contribution in [0.15, 0.2) is 52.4 Å². The van der Waals surface area contributed by atoms with Crippen molar-refractivity contribution in [2.75, 3.05) is 5.75 Å². The number of hydrogen-bond donors (Lipinski definition) is 0. The van der Waals surface area contributed by atoms with Crippen LogP contribution in [-0.4, -0.2) is 10.9 Å². The number of nitrogens with zero attached hydrogens (tertiary/aromatic N) is 1. The third-order valence-corrected chi connectivity index (χ3v) is 4.10. The lowest BCUT2D eigenvalue weighted by Crippen LogP contribution is -1.81. The minimum absolute atomic E-state index is 0.179. The number of thiocarbonyl (C=S) groups is 1. The van der Waals surface area contributed by atoms with Crippen molar-refractivity contribution in [3.8, 4) is 11.8 Å². The second-order valence-corrected chi connectivity index (χ2v) is 5.84. The highest BCUT2D eigenvalue weighted by Crippen LogP contribution is 2.19. The van der Waals surface area contributed by atoms with Gasteiger partial charge < -0.3 is 0 Å². The van der Waals surface area contributed by atoms with Gasteiger partial charge in [-0.1, -0.05) is 18.8 Å². The highest BCUT2D eigenvalue weighted by Gasteiger charge is 2.00. The van der Waals surface area contributed by atoms with Gasteiger partial charge in [-0.15, -0.1) is 11.8 Å². The fraction of sp³-hybridized carbons (Fsp3) is 0.167. The summed E-state index contributed by atoms with van der Waals surface area (Å²) in [5.74, 6) is 6.64. The summed E-state index contributed by atoms with van der Waals surface area (Å²) >= 11 is 6.29. The highest BCUT2D eigenvalue weighted by atomic mass is 32.2. The predicted octanol–water partition coefficient (Wildman–Crippen LogP) is 5.46. The molecule has 2 rings (SSSR count). The molecule has 22 heavy (non-hydrogen) atoms. The van der Waals surface area contributed by atoms with E-state index in [-0.39, 0.29) is 5.69 Å². The molecule has 0 atom stereocenters. The van der Waals surface area contributed by atoms with Gasteiger partial charge in [0.05, 0.1) is 5.16 Å². The summed E-state index contributed by atoms with van der Waals surface area (Å²) in [5.41, 5.74) is 1.69. The number of benzene rings is 2. The van der Waals surface area contributed by atoms with Crippen LogP contribution in [0, 0.1) is 17.7 Å². The van der Waals surface area contributed by atoms with E-state index >= 15 is 0 Å². The fourth-order valence-corrected chi connectivity index (χ4v) is 2.59. The number of isothiocyanates is 1. The summed E-state index contributed by atoms with van der Waals surface area (Å²) in [6.07, 6.45) is 1.15. The summed E-state index contributed by atoms with van der Waals surface area (Å²) in [6, 6.07) is 12.7. The van der Waals surface area contributed by atoms with E-state index in [1.54, 1.807) is 12.1 Å². The zero-order valence-corrected chi connectivity index (χ0v) is 13.7. The van der Waals surface area contributed by atoms with Gasteiger partial charge in [0.1, 0.15) is 5.69 Å². The normalized spacial score (nSPS) is 9.55. The molecule has 0 fully saturated rings. The first-order chi connectivity index (χ1) is 10.7. The second-order valence-electron chi connectivity index (χ2n) is 4.49. The maximum atomic E-state index is 13.7.